The maximum absolute atomic E-state index is 13.1. The molecular formula is C9H10FNO. The molecule has 2 nitrogen and oxygen atoms in total. The van der Waals surface area contributed by atoms with Gasteiger partial charge in [-0.05, 0) is 17.2 Å². The first-order chi connectivity index (χ1) is 5.70. The number of aliphatic hydroxyl groups is 1. The van der Waals surface area contributed by atoms with E-state index < -0.39 is 12.1 Å². The molecule has 0 saturated heterocycles. The van der Waals surface area contributed by atoms with Crippen molar-refractivity contribution in [1.29, 1.82) is 0 Å². The highest BCUT2D eigenvalue weighted by molar-refractivity contribution is 5.37. The van der Waals surface area contributed by atoms with Gasteiger partial charge in [-0.2, -0.15) is 0 Å². The van der Waals surface area contributed by atoms with Crippen molar-refractivity contribution in [3.8, 4) is 0 Å². The summed E-state index contributed by atoms with van der Waals surface area (Å²) in [6.45, 7) is 0. The van der Waals surface area contributed by atoms with Gasteiger partial charge in [-0.25, -0.2) is 4.39 Å². The van der Waals surface area contributed by atoms with Crippen LogP contribution in [-0.2, 0) is 6.42 Å². The summed E-state index contributed by atoms with van der Waals surface area (Å²) in [5.74, 6) is -0.264. The average molecular weight is 167 g/mol. The van der Waals surface area contributed by atoms with Gasteiger partial charge >= 0.3 is 0 Å². The van der Waals surface area contributed by atoms with E-state index in [1.807, 2.05) is 0 Å². The van der Waals surface area contributed by atoms with Gasteiger partial charge in [-0.3, -0.25) is 0 Å². The summed E-state index contributed by atoms with van der Waals surface area (Å²) in [4.78, 5) is 0. The number of rotatable bonds is 0. The molecule has 0 radical (unpaired) electrons. The molecule has 0 aliphatic heterocycles. The van der Waals surface area contributed by atoms with Gasteiger partial charge in [-0.1, -0.05) is 12.1 Å². The van der Waals surface area contributed by atoms with Crippen LogP contribution in [0.1, 0.15) is 17.2 Å². The van der Waals surface area contributed by atoms with Crippen molar-refractivity contribution in [3.63, 3.8) is 0 Å². The minimum absolute atomic E-state index is 0.264. The van der Waals surface area contributed by atoms with E-state index in [1.165, 1.54) is 6.07 Å². The SMILES string of the molecule is N[C@@H]1c2cccc(F)c2C[C@@H]1O. The van der Waals surface area contributed by atoms with Crippen LogP contribution in [0.2, 0.25) is 0 Å². The Labute approximate surface area is 69.8 Å². The Morgan fingerprint density at radius 1 is 1.50 bits per heavy atom. The van der Waals surface area contributed by atoms with Gasteiger partial charge in [-0.15, -0.1) is 0 Å². The topological polar surface area (TPSA) is 46.2 Å². The van der Waals surface area contributed by atoms with E-state index >= 15 is 0 Å². The Bertz CT molecular complexity index is 313. The maximum atomic E-state index is 13.1. The first-order valence-corrected chi connectivity index (χ1v) is 3.91. The first-order valence-electron chi connectivity index (χ1n) is 3.91. The zero-order valence-corrected chi connectivity index (χ0v) is 6.50. The van der Waals surface area contributed by atoms with E-state index in [0.29, 0.717) is 12.0 Å². The molecule has 1 aromatic carbocycles. The lowest BCUT2D eigenvalue weighted by Gasteiger charge is -2.07. The lowest BCUT2D eigenvalue weighted by molar-refractivity contribution is 0.158. The summed E-state index contributed by atoms with van der Waals surface area (Å²) in [6.07, 6.45) is -0.291. The van der Waals surface area contributed by atoms with E-state index in [0.717, 1.165) is 5.56 Å². The highest BCUT2D eigenvalue weighted by atomic mass is 19.1. The molecule has 12 heavy (non-hydrogen) atoms. The van der Waals surface area contributed by atoms with Gasteiger partial charge in [0.05, 0.1) is 12.1 Å². The van der Waals surface area contributed by atoms with Crippen LogP contribution >= 0.6 is 0 Å². The molecule has 0 amide bonds. The zero-order chi connectivity index (χ0) is 8.72. The number of fused-ring (bicyclic) bond motifs is 1. The third kappa shape index (κ3) is 0.940. The molecule has 0 heterocycles. The second-order valence-electron chi connectivity index (χ2n) is 3.10. The van der Waals surface area contributed by atoms with Gasteiger partial charge < -0.3 is 10.8 Å². The van der Waals surface area contributed by atoms with E-state index in [9.17, 15) is 9.50 Å². The van der Waals surface area contributed by atoms with Gasteiger partial charge in [0.2, 0.25) is 0 Å². The van der Waals surface area contributed by atoms with Crippen molar-refractivity contribution < 1.29 is 9.50 Å². The van der Waals surface area contributed by atoms with Crippen molar-refractivity contribution in [2.45, 2.75) is 18.6 Å². The number of hydrogen-bond acceptors (Lipinski definition) is 2. The Hall–Kier alpha value is -0.930. The van der Waals surface area contributed by atoms with Crippen LogP contribution in [-0.4, -0.2) is 11.2 Å². The molecule has 0 unspecified atom stereocenters. The molecule has 0 saturated carbocycles. The average Bonchev–Trinajstić information content (AvgIpc) is 2.32. The molecule has 0 bridgehead atoms. The Morgan fingerprint density at radius 2 is 2.25 bits per heavy atom. The van der Waals surface area contributed by atoms with Crippen LogP contribution in [0.25, 0.3) is 0 Å². The Morgan fingerprint density at radius 3 is 2.92 bits per heavy atom. The molecule has 1 aliphatic carbocycles. The van der Waals surface area contributed by atoms with E-state index in [2.05, 4.69) is 0 Å². The molecular weight excluding hydrogens is 157 g/mol. The highest BCUT2D eigenvalue weighted by Gasteiger charge is 2.29. The van der Waals surface area contributed by atoms with Crippen molar-refractivity contribution in [2.75, 3.05) is 0 Å². The second-order valence-corrected chi connectivity index (χ2v) is 3.10. The molecule has 2 rings (SSSR count). The van der Waals surface area contributed by atoms with E-state index in [-0.39, 0.29) is 5.82 Å². The molecule has 3 heteroatoms. The number of benzene rings is 1. The number of hydrogen-bond donors (Lipinski definition) is 2. The third-order valence-electron chi connectivity index (χ3n) is 2.34. The normalized spacial score (nSPS) is 27.2. The van der Waals surface area contributed by atoms with E-state index in [1.54, 1.807) is 12.1 Å². The molecule has 0 aromatic heterocycles. The second kappa shape index (κ2) is 2.54. The van der Waals surface area contributed by atoms with Gasteiger partial charge in [0.1, 0.15) is 5.82 Å². The van der Waals surface area contributed by atoms with Gasteiger partial charge in [0.15, 0.2) is 0 Å². The third-order valence-corrected chi connectivity index (χ3v) is 2.34. The van der Waals surface area contributed by atoms with Crippen molar-refractivity contribution >= 4 is 0 Å². The molecule has 1 aromatic rings. The fraction of sp³-hybridized carbons (Fsp3) is 0.333. The smallest absolute Gasteiger partial charge is 0.126 e. The molecule has 1 aliphatic rings. The van der Waals surface area contributed by atoms with Gasteiger partial charge in [0, 0.05) is 6.42 Å². The summed E-state index contributed by atoms with van der Waals surface area (Å²) in [5.41, 5.74) is 6.95. The number of halogens is 1. The lowest BCUT2D eigenvalue weighted by atomic mass is 10.1. The molecule has 0 spiro atoms. The van der Waals surface area contributed by atoms with Crippen LogP contribution in [0, 0.1) is 5.82 Å². The van der Waals surface area contributed by atoms with Crippen LogP contribution in [0.4, 0.5) is 4.39 Å². The monoisotopic (exact) mass is 167 g/mol. The predicted molar refractivity (Wildman–Crippen MR) is 43.0 cm³/mol. The molecule has 64 valence electrons. The number of nitrogens with two attached hydrogens (primary N) is 1. The standard InChI is InChI=1S/C9H10FNO/c10-7-3-1-2-5-6(7)4-8(12)9(5)11/h1-3,8-9,12H,4,11H2/t8-,9+/m0/s1. The highest BCUT2D eigenvalue weighted by Crippen LogP contribution is 2.30. The minimum atomic E-state index is -0.628. The predicted octanol–water partition coefficient (Wildman–Crippen LogP) is 0.743. The van der Waals surface area contributed by atoms with E-state index in [4.69, 9.17) is 5.73 Å². The fourth-order valence-corrected chi connectivity index (χ4v) is 1.65. The first kappa shape index (κ1) is 7.71. The molecule has 0 fully saturated rings. The quantitative estimate of drug-likeness (QED) is 0.598. The van der Waals surface area contributed by atoms with Crippen LogP contribution in [0.5, 0.6) is 0 Å². The zero-order valence-electron chi connectivity index (χ0n) is 6.50. The Kier molecular flexibility index (Phi) is 1.63. The fourth-order valence-electron chi connectivity index (χ4n) is 1.65. The lowest BCUT2D eigenvalue weighted by Crippen LogP contribution is -2.21. The van der Waals surface area contributed by atoms with Crippen LogP contribution < -0.4 is 5.73 Å². The summed E-state index contributed by atoms with van der Waals surface area (Å²) in [7, 11) is 0. The van der Waals surface area contributed by atoms with Crippen molar-refractivity contribution in [3.05, 3.63) is 35.1 Å². The maximum Gasteiger partial charge on any atom is 0.126 e. The summed E-state index contributed by atoms with van der Waals surface area (Å²) >= 11 is 0. The Balaban J connectivity index is 2.53. The van der Waals surface area contributed by atoms with Crippen molar-refractivity contribution in [1.82, 2.24) is 0 Å². The summed E-state index contributed by atoms with van der Waals surface area (Å²) in [5, 5.41) is 9.35. The minimum Gasteiger partial charge on any atom is -0.391 e. The number of aliphatic hydroxyl groups excluding tert-OH is 1. The largest absolute Gasteiger partial charge is 0.391 e. The van der Waals surface area contributed by atoms with Crippen LogP contribution in [0.3, 0.4) is 0 Å². The molecule has 3 N–H and O–H groups in total. The summed E-state index contributed by atoms with van der Waals surface area (Å²) < 4.78 is 13.1. The summed E-state index contributed by atoms with van der Waals surface area (Å²) in [6, 6.07) is 4.35. The van der Waals surface area contributed by atoms with Gasteiger partial charge in [0.25, 0.3) is 0 Å². The van der Waals surface area contributed by atoms with Crippen molar-refractivity contribution in [2.24, 2.45) is 5.73 Å². The van der Waals surface area contributed by atoms with Crippen LogP contribution in [0.15, 0.2) is 18.2 Å². The molecule has 2 atom stereocenters.